The first kappa shape index (κ1) is 74.3. The topological polar surface area (TPSA) is 291 Å². The molecule has 424 valence electrons. The number of Topliss-reactive ketones (excluding diaryl/α,β-unsaturated/α-hetero) is 1. The zero-order valence-electron chi connectivity index (χ0n) is 45.6. The largest absolute Gasteiger partial charge is 0.481 e. The molecule has 0 aromatic carbocycles. The second-order valence-electron chi connectivity index (χ2n) is 16.7. The maximum absolute atomic E-state index is 11.7. The maximum atomic E-state index is 11.7. The summed E-state index contributed by atoms with van der Waals surface area (Å²) in [6.45, 7) is 14.4. The van der Waals surface area contributed by atoms with Crippen LogP contribution < -0.4 is 27.0 Å². The number of ether oxygens (including phenoxy) is 4. The lowest BCUT2D eigenvalue weighted by atomic mass is 10.0. The molecule has 0 aromatic heterocycles. The fourth-order valence-electron chi connectivity index (χ4n) is 6.79. The lowest BCUT2D eigenvalue weighted by Crippen LogP contribution is -2.33. The van der Waals surface area contributed by atoms with E-state index in [1.165, 1.54) is 64.2 Å². The molecule has 5 amide bonds. The van der Waals surface area contributed by atoms with Gasteiger partial charge in [-0.1, -0.05) is 105 Å². The van der Waals surface area contributed by atoms with Crippen LogP contribution in [-0.4, -0.2) is 162 Å². The summed E-state index contributed by atoms with van der Waals surface area (Å²) in [6.07, 6.45) is 23.8. The summed E-state index contributed by atoms with van der Waals surface area (Å²) in [7, 11) is 1.76. The van der Waals surface area contributed by atoms with Crippen molar-refractivity contribution in [2.24, 2.45) is 5.73 Å². The Balaban J connectivity index is -0.000000506. The normalized spacial score (nSPS) is 11.7. The number of amides is 5. The molecule has 0 aliphatic carbocycles. The van der Waals surface area contributed by atoms with Crippen LogP contribution in [0.15, 0.2) is 0 Å². The first-order chi connectivity index (χ1) is 34.8. The van der Waals surface area contributed by atoms with Gasteiger partial charge in [0, 0.05) is 58.4 Å². The zero-order chi connectivity index (χ0) is 54.7. The van der Waals surface area contributed by atoms with Gasteiger partial charge in [-0.05, 0) is 65.3 Å². The molecule has 1 saturated heterocycles. The van der Waals surface area contributed by atoms with Gasteiger partial charge in [0.2, 0.25) is 30.0 Å². The highest BCUT2D eigenvalue weighted by molar-refractivity contribution is 5.81. The molecule has 20 heteroatoms. The van der Waals surface area contributed by atoms with Gasteiger partial charge in [0.05, 0.1) is 45.7 Å². The SMILES string of the molecule is CC.CC.CNC(CCCCNC(=O)COCCOCCNC(=O)COCCOCCNC=O)C(C)=O.NC(=O)CCCCCCCCCCCCCCCCC(=O)O.O=C(O)CCCC(=O)N1CCCC1. The number of nitrogens with zero attached hydrogens (tertiary/aromatic N) is 1. The van der Waals surface area contributed by atoms with E-state index in [1.807, 2.05) is 32.6 Å². The molecular formula is C52H102N6O14. The highest BCUT2D eigenvalue weighted by atomic mass is 16.5. The zero-order valence-corrected chi connectivity index (χ0v) is 45.6. The molecule has 0 aromatic rings. The minimum Gasteiger partial charge on any atom is -0.481 e. The monoisotopic (exact) mass is 1030 g/mol. The van der Waals surface area contributed by atoms with E-state index in [0.717, 1.165) is 70.9 Å². The van der Waals surface area contributed by atoms with Gasteiger partial charge in [-0.3, -0.25) is 38.4 Å². The average molecular weight is 1040 g/mol. The quantitative estimate of drug-likeness (QED) is 0.0268. The summed E-state index contributed by atoms with van der Waals surface area (Å²) in [4.78, 5) is 88.8. The summed E-state index contributed by atoms with van der Waals surface area (Å²) in [5, 5.41) is 27.7. The average Bonchev–Trinajstić information content (AvgIpc) is 3.91. The Morgan fingerprint density at radius 1 is 0.542 bits per heavy atom. The van der Waals surface area contributed by atoms with Gasteiger partial charge in [-0.2, -0.15) is 0 Å². The molecule has 8 N–H and O–H groups in total. The van der Waals surface area contributed by atoms with Crippen LogP contribution >= 0.6 is 0 Å². The number of unbranched alkanes of at least 4 members (excludes halogenated alkanes) is 14. The number of nitrogens with two attached hydrogens (primary N) is 1. The van der Waals surface area contributed by atoms with E-state index in [4.69, 9.17) is 34.9 Å². The molecule has 1 atom stereocenters. The predicted octanol–water partition coefficient (Wildman–Crippen LogP) is 6.09. The number of likely N-dealkylation sites (tertiary alicyclic amines) is 1. The number of hydrogen-bond acceptors (Lipinski definition) is 13. The Bertz CT molecular complexity index is 1280. The Kier molecular flexibility index (Phi) is 63.0. The van der Waals surface area contributed by atoms with Gasteiger partial charge in [-0.15, -0.1) is 0 Å². The van der Waals surface area contributed by atoms with Gasteiger partial charge >= 0.3 is 11.9 Å². The van der Waals surface area contributed by atoms with Crippen molar-refractivity contribution in [3.8, 4) is 0 Å². The number of hydrogen-bond donors (Lipinski definition) is 7. The van der Waals surface area contributed by atoms with Crippen LogP contribution in [0.4, 0.5) is 0 Å². The number of rotatable bonds is 45. The molecule has 1 unspecified atom stereocenters. The lowest BCUT2D eigenvalue weighted by molar-refractivity contribution is -0.138. The maximum Gasteiger partial charge on any atom is 0.303 e. The van der Waals surface area contributed by atoms with E-state index in [2.05, 4.69) is 21.3 Å². The van der Waals surface area contributed by atoms with Crippen LogP contribution in [0.1, 0.15) is 189 Å². The molecule has 0 spiro atoms. The van der Waals surface area contributed by atoms with Crippen LogP contribution in [0.2, 0.25) is 0 Å². The summed E-state index contributed by atoms with van der Waals surface area (Å²) in [6, 6.07) is -0.125. The van der Waals surface area contributed by atoms with Crippen LogP contribution in [-0.2, 0) is 57.3 Å². The Hall–Kier alpha value is -4.24. The molecular weight excluding hydrogens is 933 g/mol. The number of carbonyl (C=O) groups is 8. The minimum absolute atomic E-state index is 0.0403. The van der Waals surface area contributed by atoms with Crippen molar-refractivity contribution in [1.82, 2.24) is 26.2 Å². The van der Waals surface area contributed by atoms with Crippen molar-refractivity contribution in [2.75, 3.05) is 92.6 Å². The molecule has 20 nitrogen and oxygen atoms in total. The number of primary amides is 1. The molecule has 72 heavy (non-hydrogen) atoms. The van der Waals surface area contributed by atoms with Gasteiger partial charge in [0.15, 0.2) is 0 Å². The van der Waals surface area contributed by atoms with Crippen LogP contribution in [0.5, 0.6) is 0 Å². The second-order valence-corrected chi connectivity index (χ2v) is 16.7. The number of carbonyl (C=O) groups excluding carboxylic acids is 6. The molecule has 1 aliphatic heterocycles. The second kappa shape index (κ2) is 61.1. The third kappa shape index (κ3) is 61.9. The summed E-state index contributed by atoms with van der Waals surface area (Å²) in [5.41, 5.74) is 5.10. The fraction of sp³-hybridized carbons (Fsp3) is 0.846. The van der Waals surface area contributed by atoms with Crippen LogP contribution in [0, 0.1) is 0 Å². The molecule has 1 fully saturated rings. The van der Waals surface area contributed by atoms with Crippen LogP contribution in [0.3, 0.4) is 0 Å². The van der Waals surface area contributed by atoms with E-state index < -0.39 is 11.9 Å². The van der Waals surface area contributed by atoms with Crippen molar-refractivity contribution in [1.29, 1.82) is 0 Å². The summed E-state index contributed by atoms with van der Waals surface area (Å²) in [5.74, 6) is -1.89. The number of ketones is 1. The molecule has 0 bridgehead atoms. The molecule has 1 heterocycles. The van der Waals surface area contributed by atoms with Crippen molar-refractivity contribution >= 4 is 47.8 Å². The van der Waals surface area contributed by atoms with E-state index in [0.29, 0.717) is 78.2 Å². The van der Waals surface area contributed by atoms with Gasteiger partial charge in [0.1, 0.15) is 19.0 Å². The molecule has 1 rings (SSSR count). The number of aliphatic carboxylic acids is 2. The van der Waals surface area contributed by atoms with Crippen LogP contribution in [0.25, 0.3) is 0 Å². The summed E-state index contributed by atoms with van der Waals surface area (Å²) < 4.78 is 20.9. The van der Waals surface area contributed by atoms with E-state index in [9.17, 15) is 38.4 Å². The molecule has 0 radical (unpaired) electrons. The first-order valence-corrected chi connectivity index (χ1v) is 27.0. The highest BCUT2D eigenvalue weighted by Gasteiger charge is 2.17. The van der Waals surface area contributed by atoms with E-state index >= 15 is 0 Å². The molecule has 0 saturated carbocycles. The Morgan fingerprint density at radius 3 is 1.39 bits per heavy atom. The summed E-state index contributed by atoms with van der Waals surface area (Å²) >= 11 is 0. The van der Waals surface area contributed by atoms with Crippen molar-refractivity contribution < 1.29 is 67.5 Å². The number of nitrogens with one attached hydrogen (secondary N) is 4. The number of carboxylic acid groups (broad SMARTS) is 2. The lowest BCUT2D eigenvalue weighted by Gasteiger charge is -2.14. The van der Waals surface area contributed by atoms with Crippen molar-refractivity contribution in [2.45, 2.75) is 195 Å². The highest BCUT2D eigenvalue weighted by Crippen LogP contribution is 2.14. The van der Waals surface area contributed by atoms with Gasteiger partial charge < -0.3 is 61.1 Å². The third-order valence-corrected chi connectivity index (χ3v) is 10.6. The van der Waals surface area contributed by atoms with E-state index in [1.54, 1.807) is 14.0 Å². The molecule has 1 aliphatic rings. The first-order valence-electron chi connectivity index (χ1n) is 27.0. The van der Waals surface area contributed by atoms with Gasteiger partial charge in [-0.25, -0.2) is 0 Å². The minimum atomic E-state index is -0.825. The smallest absolute Gasteiger partial charge is 0.303 e. The van der Waals surface area contributed by atoms with Gasteiger partial charge in [0.25, 0.3) is 0 Å². The Morgan fingerprint density at radius 2 is 0.958 bits per heavy atom. The third-order valence-electron chi connectivity index (χ3n) is 10.6. The van der Waals surface area contributed by atoms with Crippen molar-refractivity contribution in [3.63, 3.8) is 0 Å². The van der Waals surface area contributed by atoms with E-state index in [-0.39, 0.29) is 68.3 Å². The standard InChI is InChI=1S/C21H40N4O8.C18H35NO3.C9H15NO3.2C2H6/c1-18(27)19(22-2)5-3-4-6-24-20(28)15-32-14-12-31-10-8-25-21(29)16-33-13-11-30-9-7-23-17-26;19-17(20)15-13-11-9-7-5-3-1-2-4-6-8-10-12-14-16-18(21)22;11-8(4-3-5-9(12)13)10-6-1-2-7-10;2*1-2/h17,19,22H,3-16H2,1-2H3,(H,23,26)(H,24,28)(H,25,29);1-16H2,(H2,19,20)(H,21,22);1-7H2,(H,12,13);2*1-2H3. The number of likely N-dealkylation sites (N-methyl/N-ethyl adjacent to an activating group) is 1. The fourth-order valence-corrected chi connectivity index (χ4v) is 6.79. The van der Waals surface area contributed by atoms with Crippen molar-refractivity contribution in [3.05, 3.63) is 0 Å². The number of carboxylic acids is 2. The predicted molar refractivity (Wildman–Crippen MR) is 281 cm³/mol. The Labute approximate surface area is 433 Å².